The van der Waals surface area contributed by atoms with Crippen molar-refractivity contribution in [3.63, 3.8) is 0 Å². The number of carbonyl (C=O) groups is 1. The maximum Gasteiger partial charge on any atom is 0.282 e. The van der Waals surface area contributed by atoms with E-state index < -0.39 is 15.9 Å². The number of aromatic amines is 1. The van der Waals surface area contributed by atoms with Crippen molar-refractivity contribution in [3.05, 3.63) is 52.8 Å². The molecule has 8 heteroatoms. The van der Waals surface area contributed by atoms with E-state index in [-0.39, 0.29) is 10.6 Å². The first-order valence-corrected chi connectivity index (χ1v) is 7.48. The maximum atomic E-state index is 12.0. The van der Waals surface area contributed by atoms with Gasteiger partial charge in [0.05, 0.1) is 4.90 Å². The average Bonchev–Trinajstić information content (AvgIpc) is 2.90. The monoisotopic (exact) mass is 343 g/mol. The highest BCUT2D eigenvalue weighted by molar-refractivity contribution is 9.10. The average molecular weight is 344 g/mol. The van der Waals surface area contributed by atoms with Gasteiger partial charge in [0.1, 0.15) is 5.69 Å². The van der Waals surface area contributed by atoms with Crippen molar-refractivity contribution in [1.82, 2.24) is 15.2 Å². The molecule has 0 atom stereocenters. The molecular formula is C11H10BrN3O3S. The fraction of sp³-hybridized carbons (Fsp3) is 0. The van der Waals surface area contributed by atoms with E-state index in [9.17, 15) is 13.2 Å². The second-order valence-corrected chi connectivity index (χ2v) is 6.08. The normalized spacial score (nSPS) is 11.2. The second-order valence-electron chi connectivity index (χ2n) is 3.57. The molecule has 6 nitrogen and oxygen atoms in total. The van der Waals surface area contributed by atoms with Crippen molar-refractivity contribution < 1.29 is 13.2 Å². The Kier molecular flexibility index (Phi) is 4.03. The summed E-state index contributed by atoms with van der Waals surface area (Å²) in [5, 5.41) is 0. The first kappa shape index (κ1) is 13.8. The van der Waals surface area contributed by atoms with Crippen LogP contribution >= 0.6 is 15.9 Å². The minimum absolute atomic E-state index is 0.0433. The fourth-order valence-corrected chi connectivity index (χ4v) is 3.21. The molecule has 2 aromatic rings. The fourth-order valence-electron chi connectivity index (χ4n) is 1.37. The molecule has 0 radical (unpaired) electrons. The molecule has 0 saturated heterocycles. The molecule has 0 spiro atoms. The number of rotatable bonds is 4. The standard InChI is InChI=1S/C11H10BrN3O3S/c12-8-4-1-2-6-10(8)19(17,18)15-14-11(16)9-5-3-7-13-9/h1-7,13,15H,(H,14,16). The molecule has 0 bridgehead atoms. The third kappa shape index (κ3) is 3.22. The number of amides is 1. The number of hydrogen-bond acceptors (Lipinski definition) is 3. The SMILES string of the molecule is O=C(NNS(=O)(=O)c1ccccc1Br)c1ccc[nH]1. The summed E-state index contributed by atoms with van der Waals surface area (Å²) in [6.45, 7) is 0. The van der Waals surface area contributed by atoms with E-state index in [2.05, 4.69) is 26.3 Å². The van der Waals surface area contributed by atoms with Gasteiger partial charge in [0, 0.05) is 10.7 Å². The van der Waals surface area contributed by atoms with Gasteiger partial charge in [-0.1, -0.05) is 12.1 Å². The molecule has 0 unspecified atom stereocenters. The van der Waals surface area contributed by atoms with Crippen LogP contribution in [0.25, 0.3) is 0 Å². The predicted molar refractivity (Wildman–Crippen MR) is 72.7 cm³/mol. The summed E-state index contributed by atoms with van der Waals surface area (Å²) in [7, 11) is -3.82. The largest absolute Gasteiger partial charge is 0.357 e. The number of benzene rings is 1. The first-order chi connectivity index (χ1) is 9.00. The summed E-state index contributed by atoms with van der Waals surface area (Å²) >= 11 is 3.14. The van der Waals surface area contributed by atoms with E-state index in [1.165, 1.54) is 12.1 Å². The van der Waals surface area contributed by atoms with Crippen LogP contribution in [0.1, 0.15) is 10.5 Å². The summed E-state index contributed by atoms with van der Waals surface area (Å²) < 4.78 is 24.3. The van der Waals surface area contributed by atoms with Gasteiger partial charge in [0.25, 0.3) is 15.9 Å². The molecule has 0 aliphatic carbocycles. The lowest BCUT2D eigenvalue weighted by Gasteiger charge is -2.08. The third-order valence-electron chi connectivity index (χ3n) is 2.27. The third-order valence-corrected chi connectivity index (χ3v) is 4.53. The Bertz CT molecular complexity index is 683. The van der Waals surface area contributed by atoms with Crippen LogP contribution in [0.4, 0.5) is 0 Å². The zero-order valence-corrected chi connectivity index (χ0v) is 12.0. The molecule has 2 rings (SSSR count). The van der Waals surface area contributed by atoms with Gasteiger partial charge in [-0.2, -0.15) is 0 Å². The highest BCUT2D eigenvalue weighted by Crippen LogP contribution is 2.20. The van der Waals surface area contributed by atoms with E-state index in [4.69, 9.17) is 0 Å². The van der Waals surface area contributed by atoms with Gasteiger partial charge in [-0.15, -0.1) is 4.83 Å². The maximum absolute atomic E-state index is 12.0. The number of halogens is 1. The Hall–Kier alpha value is -1.64. The minimum atomic E-state index is -3.82. The van der Waals surface area contributed by atoms with Crippen molar-refractivity contribution in [1.29, 1.82) is 0 Å². The number of H-pyrrole nitrogens is 1. The molecule has 1 amide bonds. The lowest BCUT2D eigenvalue weighted by atomic mass is 10.4. The summed E-state index contributed by atoms with van der Waals surface area (Å²) in [6.07, 6.45) is 1.57. The van der Waals surface area contributed by atoms with Gasteiger partial charge < -0.3 is 4.98 Å². The number of hydrazine groups is 1. The van der Waals surface area contributed by atoms with Gasteiger partial charge in [-0.05, 0) is 40.2 Å². The number of sulfonamides is 1. The zero-order valence-electron chi connectivity index (χ0n) is 9.55. The van der Waals surface area contributed by atoms with Gasteiger partial charge in [0.2, 0.25) is 0 Å². The van der Waals surface area contributed by atoms with Gasteiger partial charge in [-0.25, -0.2) is 8.42 Å². The lowest BCUT2D eigenvalue weighted by Crippen LogP contribution is -2.41. The van der Waals surface area contributed by atoms with Crippen molar-refractivity contribution >= 4 is 31.9 Å². The summed E-state index contributed by atoms with van der Waals surface area (Å²) in [4.78, 5) is 16.3. The summed E-state index contributed by atoms with van der Waals surface area (Å²) in [5.74, 6) is -0.569. The van der Waals surface area contributed by atoms with Crippen molar-refractivity contribution in [2.75, 3.05) is 0 Å². The Morgan fingerprint density at radius 3 is 2.53 bits per heavy atom. The zero-order chi connectivity index (χ0) is 13.9. The minimum Gasteiger partial charge on any atom is -0.357 e. The molecule has 1 heterocycles. The Labute approximate surface area is 118 Å². The second kappa shape index (κ2) is 5.55. The van der Waals surface area contributed by atoms with Crippen LogP contribution in [-0.2, 0) is 10.0 Å². The van der Waals surface area contributed by atoms with Gasteiger partial charge in [-0.3, -0.25) is 10.2 Å². The topological polar surface area (TPSA) is 91.1 Å². The molecule has 19 heavy (non-hydrogen) atoms. The number of hydrogen-bond donors (Lipinski definition) is 3. The molecule has 0 aliphatic heterocycles. The van der Waals surface area contributed by atoms with E-state index >= 15 is 0 Å². The molecule has 100 valence electrons. The number of carbonyl (C=O) groups excluding carboxylic acids is 1. The Balaban J connectivity index is 2.11. The van der Waals surface area contributed by atoms with E-state index in [0.717, 1.165) is 0 Å². The highest BCUT2D eigenvalue weighted by atomic mass is 79.9. The molecule has 0 aliphatic rings. The number of aromatic nitrogens is 1. The van der Waals surface area contributed by atoms with Crippen LogP contribution in [0.3, 0.4) is 0 Å². The van der Waals surface area contributed by atoms with Crippen LogP contribution < -0.4 is 10.3 Å². The highest BCUT2D eigenvalue weighted by Gasteiger charge is 2.18. The van der Waals surface area contributed by atoms with Crippen LogP contribution in [-0.4, -0.2) is 19.3 Å². The molecule has 3 N–H and O–H groups in total. The smallest absolute Gasteiger partial charge is 0.282 e. The lowest BCUT2D eigenvalue weighted by molar-refractivity contribution is 0.0940. The van der Waals surface area contributed by atoms with Crippen LogP contribution in [0.5, 0.6) is 0 Å². The molecule has 1 aromatic heterocycles. The first-order valence-electron chi connectivity index (χ1n) is 5.21. The van der Waals surface area contributed by atoms with Crippen LogP contribution in [0.2, 0.25) is 0 Å². The predicted octanol–water partition coefficient (Wildman–Crippen LogP) is 1.40. The Morgan fingerprint density at radius 2 is 1.89 bits per heavy atom. The van der Waals surface area contributed by atoms with E-state index in [0.29, 0.717) is 4.47 Å². The molecule has 1 aromatic carbocycles. The van der Waals surface area contributed by atoms with Gasteiger partial charge >= 0.3 is 0 Å². The van der Waals surface area contributed by atoms with E-state index in [1.807, 2.05) is 4.83 Å². The van der Waals surface area contributed by atoms with Gasteiger partial charge in [0.15, 0.2) is 0 Å². The van der Waals surface area contributed by atoms with Crippen molar-refractivity contribution in [2.24, 2.45) is 0 Å². The molecular weight excluding hydrogens is 334 g/mol. The quantitative estimate of drug-likeness (QED) is 0.733. The van der Waals surface area contributed by atoms with E-state index in [1.54, 1.807) is 30.5 Å². The van der Waals surface area contributed by atoms with Crippen LogP contribution in [0, 0.1) is 0 Å². The summed E-state index contributed by atoms with van der Waals surface area (Å²) in [6, 6.07) is 9.47. The van der Waals surface area contributed by atoms with Crippen molar-refractivity contribution in [2.45, 2.75) is 4.90 Å². The molecule has 0 fully saturated rings. The Morgan fingerprint density at radius 1 is 1.16 bits per heavy atom. The van der Waals surface area contributed by atoms with Crippen LogP contribution in [0.15, 0.2) is 52.0 Å². The number of nitrogens with one attached hydrogen (secondary N) is 3. The summed E-state index contributed by atoms with van der Waals surface area (Å²) in [5.41, 5.74) is 2.38. The van der Waals surface area contributed by atoms with Crippen molar-refractivity contribution in [3.8, 4) is 0 Å². The molecule has 0 saturated carbocycles.